The summed E-state index contributed by atoms with van der Waals surface area (Å²) in [6.07, 6.45) is 3.78. The zero-order valence-corrected chi connectivity index (χ0v) is 11.9. The molecule has 0 amide bonds. The highest BCUT2D eigenvalue weighted by Gasteiger charge is 2.27. The summed E-state index contributed by atoms with van der Waals surface area (Å²) >= 11 is 1.84. The molecule has 2 unspecified atom stereocenters. The molecule has 0 bridgehead atoms. The van der Waals surface area contributed by atoms with Crippen LogP contribution in [0.15, 0.2) is 23.4 Å². The molecule has 3 N–H and O–H groups in total. The van der Waals surface area contributed by atoms with Crippen molar-refractivity contribution in [2.45, 2.75) is 29.7 Å². The van der Waals surface area contributed by atoms with Crippen LogP contribution in [0.2, 0.25) is 0 Å². The van der Waals surface area contributed by atoms with Crippen molar-refractivity contribution in [1.29, 1.82) is 0 Å². The number of fused-ring (bicyclic) bond motifs is 1. The molecule has 0 saturated heterocycles. The molecular formula is C14H19N3OS. The second-order valence-electron chi connectivity index (χ2n) is 5.01. The number of hydrogen-bond donors (Lipinski definition) is 2. The first-order valence-corrected chi connectivity index (χ1v) is 7.58. The normalized spacial score (nSPS) is 23.1. The minimum absolute atomic E-state index is 0.604. The van der Waals surface area contributed by atoms with Crippen molar-refractivity contribution < 1.29 is 4.74 Å². The van der Waals surface area contributed by atoms with Crippen molar-refractivity contribution in [3.63, 3.8) is 0 Å². The van der Waals surface area contributed by atoms with E-state index in [9.17, 15) is 0 Å². The summed E-state index contributed by atoms with van der Waals surface area (Å²) in [6.45, 7) is 0.783. The van der Waals surface area contributed by atoms with E-state index < -0.39 is 0 Å². The zero-order chi connectivity index (χ0) is 13.2. The maximum atomic E-state index is 5.83. The van der Waals surface area contributed by atoms with E-state index in [-0.39, 0.29) is 0 Å². The van der Waals surface area contributed by atoms with Crippen LogP contribution in [0.4, 0.5) is 0 Å². The molecule has 19 heavy (non-hydrogen) atoms. The van der Waals surface area contributed by atoms with Crippen molar-refractivity contribution in [3.05, 3.63) is 18.2 Å². The lowest BCUT2D eigenvalue weighted by Crippen LogP contribution is -2.20. The van der Waals surface area contributed by atoms with Crippen LogP contribution >= 0.6 is 11.8 Å². The van der Waals surface area contributed by atoms with E-state index in [1.54, 1.807) is 7.11 Å². The predicted molar refractivity (Wildman–Crippen MR) is 78.7 cm³/mol. The van der Waals surface area contributed by atoms with E-state index in [1.165, 1.54) is 19.3 Å². The minimum Gasteiger partial charge on any atom is -0.497 e. The number of hydrogen-bond acceptors (Lipinski definition) is 4. The Morgan fingerprint density at radius 2 is 2.37 bits per heavy atom. The van der Waals surface area contributed by atoms with Crippen LogP contribution < -0.4 is 10.5 Å². The van der Waals surface area contributed by atoms with Crippen LogP contribution in [0.25, 0.3) is 11.0 Å². The highest BCUT2D eigenvalue weighted by Crippen LogP contribution is 2.38. The van der Waals surface area contributed by atoms with Crippen molar-refractivity contribution in [2.75, 3.05) is 13.7 Å². The minimum atomic E-state index is 0.604. The highest BCUT2D eigenvalue weighted by atomic mass is 32.2. The van der Waals surface area contributed by atoms with Crippen molar-refractivity contribution in [2.24, 2.45) is 11.7 Å². The largest absolute Gasteiger partial charge is 0.497 e. The monoisotopic (exact) mass is 277 g/mol. The molecule has 1 aromatic heterocycles. The molecular weight excluding hydrogens is 258 g/mol. The van der Waals surface area contributed by atoms with Gasteiger partial charge in [0.2, 0.25) is 0 Å². The van der Waals surface area contributed by atoms with Crippen molar-refractivity contribution in [3.8, 4) is 5.75 Å². The van der Waals surface area contributed by atoms with Crippen LogP contribution in [0.3, 0.4) is 0 Å². The second kappa shape index (κ2) is 5.43. The molecule has 0 radical (unpaired) electrons. The number of benzene rings is 1. The second-order valence-corrected chi connectivity index (χ2v) is 6.24. The van der Waals surface area contributed by atoms with Gasteiger partial charge in [-0.1, -0.05) is 18.2 Å². The van der Waals surface area contributed by atoms with Crippen LogP contribution in [0.5, 0.6) is 5.75 Å². The molecule has 2 aromatic rings. The van der Waals surface area contributed by atoms with Gasteiger partial charge in [-0.15, -0.1) is 0 Å². The summed E-state index contributed by atoms with van der Waals surface area (Å²) in [5, 5.41) is 1.60. The standard InChI is InChI=1S/C14H19N3OS/c1-18-10-5-6-11-12(7-10)17-14(16-11)19-13-4-2-3-9(13)8-15/h5-7,9,13H,2-4,8,15H2,1H3,(H,16,17). The van der Waals surface area contributed by atoms with Gasteiger partial charge in [-0.05, 0) is 37.4 Å². The number of nitrogens with one attached hydrogen (secondary N) is 1. The highest BCUT2D eigenvalue weighted by molar-refractivity contribution is 7.99. The zero-order valence-electron chi connectivity index (χ0n) is 11.1. The Morgan fingerprint density at radius 3 is 3.16 bits per heavy atom. The number of rotatable bonds is 4. The third-order valence-corrected chi connectivity index (χ3v) is 5.16. The van der Waals surface area contributed by atoms with Crippen LogP contribution in [-0.4, -0.2) is 28.9 Å². The van der Waals surface area contributed by atoms with E-state index in [4.69, 9.17) is 10.5 Å². The summed E-state index contributed by atoms with van der Waals surface area (Å²) in [7, 11) is 1.68. The van der Waals surface area contributed by atoms with E-state index >= 15 is 0 Å². The molecule has 0 spiro atoms. The number of imidazole rings is 1. The first kappa shape index (κ1) is 12.8. The number of thioether (sulfide) groups is 1. The molecule has 4 nitrogen and oxygen atoms in total. The average Bonchev–Trinajstić information content (AvgIpc) is 3.03. The lowest BCUT2D eigenvalue weighted by Gasteiger charge is -2.15. The Bertz CT molecular complexity index is 569. The third kappa shape index (κ3) is 2.58. The van der Waals surface area contributed by atoms with Gasteiger partial charge >= 0.3 is 0 Å². The Kier molecular flexibility index (Phi) is 3.66. The summed E-state index contributed by atoms with van der Waals surface area (Å²) in [4.78, 5) is 8.00. The van der Waals surface area contributed by atoms with E-state index in [1.807, 2.05) is 30.0 Å². The molecule has 1 heterocycles. The van der Waals surface area contributed by atoms with Crippen molar-refractivity contribution in [1.82, 2.24) is 9.97 Å². The number of methoxy groups -OCH3 is 1. The number of nitrogens with two attached hydrogens (primary N) is 1. The Balaban J connectivity index is 1.81. The molecule has 0 aliphatic heterocycles. The lowest BCUT2D eigenvalue weighted by molar-refractivity contribution is 0.415. The first-order valence-electron chi connectivity index (χ1n) is 6.70. The summed E-state index contributed by atoms with van der Waals surface area (Å²) in [5.74, 6) is 1.49. The van der Waals surface area contributed by atoms with E-state index in [2.05, 4.69) is 9.97 Å². The molecule has 1 aliphatic carbocycles. The summed E-state index contributed by atoms with van der Waals surface area (Å²) in [5.41, 5.74) is 7.85. The van der Waals surface area contributed by atoms with Gasteiger partial charge < -0.3 is 15.5 Å². The van der Waals surface area contributed by atoms with Crippen LogP contribution in [0.1, 0.15) is 19.3 Å². The first-order chi connectivity index (χ1) is 9.30. The Labute approximate surface area is 117 Å². The smallest absolute Gasteiger partial charge is 0.166 e. The topological polar surface area (TPSA) is 63.9 Å². The van der Waals surface area contributed by atoms with Gasteiger partial charge in [0.1, 0.15) is 5.75 Å². The third-order valence-electron chi connectivity index (χ3n) is 3.82. The van der Waals surface area contributed by atoms with Crippen LogP contribution in [-0.2, 0) is 0 Å². The maximum Gasteiger partial charge on any atom is 0.166 e. The molecule has 1 aromatic carbocycles. The van der Waals surface area contributed by atoms with Gasteiger partial charge in [-0.25, -0.2) is 4.98 Å². The van der Waals surface area contributed by atoms with Gasteiger partial charge in [0.05, 0.1) is 18.1 Å². The van der Waals surface area contributed by atoms with Crippen LogP contribution in [0, 0.1) is 5.92 Å². The Hall–Kier alpha value is -1.20. The van der Waals surface area contributed by atoms with Gasteiger partial charge in [-0.2, -0.15) is 0 Å². The maximum absolute atomic E-state index is 5.83. The van der Waals surface area contributed by atoms with Gasteiger partial charge in [-0.3, -0.25) is 0 Å². The van der Waals surface area contributed by atoms with E-state index in [0.29, 0.717) is 11.2 Å². The number of ether oxygens (including phenoxy) is 1. The number of H-pyrrole nitrogens is 1. The van der Waals surface area contributed by atoms with Gasteiger partial charge in [0.15, 0.2) is 5.16 Å². The number of aromatic amines is 1. The molecule has 1 fully saturated rings. The molecule has 5 heteroatoms. The summed E-state index contributed by atoms with van der Waals surface area (Å²) < 4.78 is 5.23. The van der Waals surface area contributed by atoms with Crippen molar-refractivity contribution >= 4 is 22.8 Å². The fourth-order valence-electron chi connectivity index (χ4n) is 2.72. The molecule has 102 valence electrons. The quantitative estimate of drug-likeness (QED) is 0.902. The fraction of sp³-hybridized carbons (Fsp3) is 0.500. The Morgan fingerprint density at radius 1 is 1.47 bits per heavy atom. The average molecular weight is 277 g/mol. The number of nitrogens with zero attached hydrogens (tertiary/aromatic N) is 1. The number of aromatic nitrogens is 2. The lowest BCUT2D eigenvalue weighted by atomic mass is 10.1. The van der Waals surface area contributed by atoms with Gasteiger partial charge in [0, 0.05) is 11.3 Å². The predicted octanol–water partition coefficient (Wildman–Crippen LogP) is 2.79. The molecule has 1 aliphatic rings. The SMILES string of the molecule is COc1ccc2nc(SC3CCCC3CN)[nH]c2c1. The molecule has 3 rings (SSSR count). The molecule has 1 saturated carbocycles. The molecule has 2 atom stereocenters. The summed E-state index contributed by atoms with van der Waals surface area (Å²) in [6, 6.07) is 5.92. The fourth-order valence-corrected chi connectivity index (χ4v) is 4.05. The van der Waals surface area contributed by atoms with E-state index in [0.717, 1.165) is 28.5 Å². The van der Waals surface area contributed by atoms with Gasteiger partial charge in [0.25, 0.3) is 0 Å².